The molecule has 174 valence electrons. The Balaban J connectivity index is 1.18. The number of anilines is 1. The standard InChI is InChI=1S/C23H24N2O8/c26-21(25-23(28)24-16-5-8-19-20(12-16)31-11-10-30-19)14-33-22(27)15-3-6-17(7-4-15)32-13-18-2-1-9-29-18/h3-8,12,18H,1-2,9-11,13-14H2,(H2,24,25,26,28). The Morgan fingerprint density at radius 2 is 1.76 bits per heavy atom. The molecule has 2 aromatic rings. The zero-order valence-electron chi connectivity index (χ0n) is 17.8. The minimum absolute atomic E-state index is 0.0972. The molecule has 2 N–H and O–H groups in total. The Hall–Kier alpha value is -3.79. The zero-order valence-corrected chi connectivity index (χ0v) is 17.8. The number of fused-ring (bicyclic) bond motifs is 1. The third kappa shape index (κ3) is 6.36. The van der Waals surface area contributed by atoms with Crippen LogP contribution in [0, 0.1) is 0 Å². The van der Waals surface area contributed by atoms with E-state index in [2.05, 4.69) is 10.6 Å². The monoisotopic (exact) mass is 456 g/mol. The maximum absolute atomic E-state index is 12.2. The van der Waals surface area contributed by atoms with Crippen LogP contribution in [-0.2, 0) is 14.3 Å². The molecule has 2 aromatic carbocycles. The van der Waals surface area contributed by atoms with Crippen molar-refractivity contribution in [2.45, 2.75) is 18.9 Å². The van der Waals surface area contributed by atoms with E-state index >= 15 is 0 Å². The predicted octanol–water partition coefficient (Wildman–Crippen LogP) is 2.52. The van der Waals surface area contributed by atoms with E-state index < -0.39 is 24.5 Å². The summed E-state index contributed by atoms with van der Waals surface area (Å²) in [6, 6.07) is 10.5. The maximum atomic E-state index is 12.2. The lowest BCUT2D eigenvalue weighted by atomic mass is 10.2. The first-order valence-corrected chi connectivity index (χ1v) is 10.6. The molecule has 0 aliphatic carbocycles. The van der Waals surface area contributed by atoms with Gasteiger partial charge in [0.05, 0.1) is 11.7 Å². The van der Waals surface area contributed by atoms with Gasteiger partial charge in [-0.1, -0.05) is 0 Å². The van der Waals surface area contributed by atoms with E-state index in [0.29, 0.717) is 42.8 Å². The molecule has 1 saturated heterocycles. The van der Waals surface area contributed by atoms with Gasteiger partial charge in [0, 0.05) is 18.4 Å². The molecule has 0 aromatic heterocycles. The van der Waals surface area contributed by atoms with Gasteiger partial charge in [-0.05, 0) is 49.2 Å². The number of carbonyl (C=O) groups is 3. The Kier molecular flexibility index (Phi) is 7.26. The van der Waals surface area contributed by atoms with Crippen LogP contribution in [0.15, 0.2) is 42.5 Å². The van der Waals surface area contributed by atoms with Crippen LogP contribution < -0.4 is 24.8 Å². The second-order valence-corrected chi connectivity index (χ2v) is 7.41. The smallest absolute Gasteiger partial charge is 0.338 e. The number of hydrogen-bond donors (Lipinski definition) is 2. The van der Waals surface area contributed by atoms with Crippen molar-refractivity contribution in [3.63, 3.8) is 0 Å². The lowest BCUT2D eigenvalue weighted by molar-refractivity contribution is -0.123. The van der Waals surface area contributed by atoms with E-state index in [0.717, 1.165) is 19.4 Å². The number of benzene rings is 2. The number of esters is 1. The van der Waals surface area contributed by atoms with Crippen LogP contribution in [0.25, 0.3) is 0 Å². The highest BCUT2D eigenvalue weighted by atomic mass is 16.6. The lowest BCUT2D eigenvalue weighted by Crippen LogP contribution is -2.37. The highest BCUT2D eigenvalue weighted by Crippen LogP contribution is 2.32. The third-order valence-electron chi connectivity index (χ3n) is 4.94. The molecule has 0 radical (unpaired) electrons. The number of carbonyl (C=O) groups excluding carboxylic acids is 3. The molecule has 0 bridgehead atoms. The van der Waals surface area contributed by atoms with Crippen LogP contribution in [0.2, 0.25) is 0 Å². The largest absolute Gasteiger partial charge is 0.491 e. The molecule has 1 atom stereocenters. The highest BCUT2D eigenvalue weighted by Gasteiger charge is 2.17. The Bertz CT molecular complexity index is 1000. The number of ether oxygens (including phenoxy) is 5. The lowest BCUT2D eigenvalue weighted by Gasteiger charge is -2.19. The van der Waals surface area contributed by atoms with Gasteiger partial charge in [0.25, 0.3) is 5.91 Å². The first kappa shape index (κ1) is 22.4. The van der Waals surface area contributed by atoms with E-state index in [9.17, 15) is 14.4 Å². The van der Waals surface area contributed by atoms with Gasteiger partial charge in [0.15, 0.2) is 18.1 Å². The van der Waals surface area contributed by atoms with Crippen molar-refractivity contribution in [3.05, 3.63) is 48.0 Å². The van der Waals surface area contributed by atoms with Gasteiger partial charge in [0.2, 0.25) is 0 Å². The molecule has 10 nitrogen and oxygen atoms in total. The molecule has 3 amide bonds. The second-order valence-electron chi connectivity index (χ2n) is 7.41. The number of rotatable bonds is 7. The third-order valence-corrected chi connectivity index (χ3v) is 4.94. The molecule has 0 spiro atoms. The Morgan fingerprint density at radius 1 is 0.970 bits per heavy atom. The molecule has 0 saturated carbocycles. The summed E-state index contributed by atoms with van der Waals surface area (Å²) >= 11 is 0. The summed E-state index contributed by atoms with van der Waals surface area (Å²) in [5.74, 6) is 0.230. The van der Waals surface area contributed by atoms with Crippen molar-refractivity contribution in [2.24, 2.45) is 0 Å². The molecule has 10 heteroatoms. The van der Waals surface area contributed by atoms with Gasteiger partial charge >= 0.3 is 12.0 Å². The van der Waals surface area contributed by atoms with E-state index in [1.54, 1.807) is 42.5 Å². The van der Waals surface area contributed by atoms with E-state index in [1.807, 2.05) is 0 Å². The summed E-state index contributed by atoms with van der Waals surface area (Å²) in [5, 5.41) is 4.61. The first-order valence-electron chi connectivity index (χ1n) is 10.6. The summed E-state index contributed by atoms with van der Waals surface area (Å²) in [6.45, 7) is 1.48. The van der Waals surface area contributed by atoms with Crippen molar-refractivity contribution < 1.29 is 38.1 Å². The molecule has 2 heterocycles. The maximum Gasteiger partial charge on any atom is 0.338 e. The van der Waals surface area contributed by atoms with E-state index in [-0.39, 0.29) is 11.7 Å². The van der Waals surface area contributed by atoms with Crippen LogP contribution in [-0.4, -0.2) is 57.0 Å². The molecule has 2 aliphatic rings. The first-order chi connectivity index (χ1) is 16.1. The van der Waals surface area contributed by atoms with Crippen LogP contribution in [0.5, 0.6) is 17.2 Å². The van der Waals surface area contributed by atoms with E-state index in [4.69, 9.17) is 23.7 Å². The predicted molar refractivity (Wildman–Crippen MR) is 116 cm³/mol. The number of nitrogens with one attached hydrogen (secondary N) is 2. The number of urea groups is 1. The summed E-state index contributed by atoms with van der Waals surface area (Å²) in [5.41, 5.74) is 0.677. The van der Waals surface area contributed by atoms with Crippen molar-refractivity contribution >= 4 is 23.6 Å². The fourth-order valence-electron chi connectivity index (χ4n) is 3.31. The quantitative estimate of drug-likeness (QED) is 0.610. The minimum atomic E-state index is -0.769. The summed E-state index contributed by atoms with van der Waals surface area (Å²) < 4.78 is 27.0. The van der Waals surface area contributed by atoms with Crippen LogP contribution in [0.4, 0.5) is 10.5 Å². The van der Waals surface area contributed by atoms with Crippen molar-refractivity contribution in [2.75, 3.05) is 38.4 Å². The van der Waals surface area contributed by atoms with Crippen LogP contribution in [0.1, 0.15) is 23.2 Å². The average Bonchev–Trinajstić information content (AvgIpc) is 3.35. The molecule has 1 unspecified atom stereocenters. The fraction of sp³-hybridized carbons (Fsp3) is 0.348. The minimum Gasteiger partial charge on any atom is -0.491 e. The van der Waals surface area contributed by atoms with Crippen LogP contribution in [0.3, 0.4) is 0 Å². The highest BCUT2D eigenvalue weighted by molar-refractivity contribution is 6.02. The number of amides is 3. The average molecular weight is 456 g/mol. The van der Waals surface area contributed by atoms with Gasteiger partial charge in [-0.15, -0.1) is 0 Å². The number of imide groups is 1. The zero-order chi connectivity index (χ0) is 23.0. The Morgan fingerprint density at radius 3 is 2.52 bits per heavy atom. The molecular formula is C23H24N2O8. The summed E-state index contributed by atoms with van der Waals surface area (Å²) in [6.07, 6.45) is 2.10. The molecule has 1 fully saturated rings. The number of hydrogen-bond acceptors (Lipinski definition) is 8. The SMILES string of the molecule is O=C(COC(=O)c1ccc(OCC2CCCO2)cc1)NC(=O)Nc1ccc2c(c1)OCCO2. The molecular weight excluding hydrogens is 432 g/mol. The van der Waals surface area contributed by atoms with Crippen molar-refractivity contribution in [1.29, 1.82) is 0 Å². The summed E-state index contributed by atoms with van der Waals surface area (Å²) in [4.78, 5) is 36.1. The topological polar surface area (TPSA) is 121 Å². The second kappa shape index (κ2) is 10.7. The van der Waals surface area contributed by atoms with E-state index in [1.165, 1.54) is 0 Å². The van der Waals surface area contributed by atoms with Crippen molar-refractivity contribution in [1.82, 2.24) is 5.32 Å². The van der Waals surface area contributed by atoms with Gasteiger partial charge in [-0.3, -0.25) is 10.1 Å². The Labute approximate surface area is 190 Å². The van der Waals surface area contributed by atoms with Gasteiger partial charge < -0.3 is 29.0 Å². The van der Waals surface area contributed by atoms with Crippen molar-refractivity contribution in [3.8, 4) is 17.2 Å². The normalized spacial score (nSPS) is 16.5. The molecule has 4 rings (SSSR count). The molecule has 2 aliphatic heterocycles. The fourth-order valence-corrected chi connectivity index (χ4v) is 3.31. The summed E-state index contributed by atoms with van der Waals surface area (Å²) in [7, 11) is 0. The van der Waals surface area contributed by atoms with Gasteiger partial charge in [0.1, 0.15) is 25.6 Å². The molecule has 33 heavy (non-hydrogen) atoms. The van der Waals surface area contributed by atoms with Crippen LogP contribution >= 0.6 is 0 Å². The van der Waals surface area contributed by atoms with Gasteiger partial charge in [-0.2, -0.15) is 0 Å². The van der Waals surface area contributed by atoms with Gasteiger partial charge in [-0.25, -0.2) is 9.59 Å².